The third-order valence-corrected chi connectivity index (χ3v) is 3.68. The molecule has 1 aliphatic heterocycles. The summed E-state index contributed by atoms with van der Waals surface area (Å²) in [5, 5.41) is 0. The van der Waals surface area contributed by atoms with E-state index in [0.29, 0.717) is 6.54 Å². The Morgan fingerprint density at radius 3 is 2.65 bits per heavy atom. The van der Waals surface area contributed by atoms with Crippen LogP contribution in [-0.2, 0) is 19.0 Å². The molecule has 0 radical (unpaired) electrons. The predicted molar refractivity (Wildman–Crippen MR) is 72.6 cm³/mol. The first-order chi connectivity index (χ1) is 9.37. The number of benzene rings is 1. The quantitative estimate of drug-likeness (QED) is 0.771. The lowest BCUT2D eigenvalue weighted by atomic mass is 10.1. The van der Waals surface area contributed by atoms with E-state index in [0.717, 1.165) is 11.8 Å². The molecule has 1 amide bonds. The van der Waals surface area contributed by atoms with Crippen molar-refractivity contribution in [1.29, 1.82) is 0 Å². The van der Waals surface area contributed by atoms with Crippen molar-refractivity contribution < 1.29 is 22.1 Å². The molecule has 0 unspecified atom stereocenters. The topological polar surface area (TPSA) is 72.9 Å². The van der Waals surface area contributed by atoms with Crippen molar-refractivity contribution in [3.05, 3.63) is 35.9 Å². The molecule has 20 heavy (non-hydrogen) atoms. The Morgan fingerprint density at radius 1 is 1.40 bits per heavy atom. The van der Waals surface area contributed by atoms with Crippen molar-refractivity contribution in [2.75, 3.05) is 19.4 Å². The van der Waals surface area contributed by atoms with E-state index in [9.17, 15) is 13.2 Å². The Morgan fingerprint density at radius 2 is 2.05 bits per heavy atom. The maximum absolute atomic E-state index is 11.8. The van der Waals surface area contributed by atoms with Crippen LogP contribution in [0.2, 0.25) is 0 Å². The maximum Gasteiger partial charge on any atom is 0.410 e. The van der Waals surface area contributed by atoms with Gasteiger partial charge in [0.25, 0.3) is 10.1 Å². The van der Waals surface area contributed by atoms with Gasteiger partial charge in [0.05, 0.1) is 18.8 Å². The first-order valence-corrected chi connectivity index (χ1v) is 8.05. The van der Waals surface area contributed by atoms with Gasteiger partial charge in [0.2, 0.25) is 0 Å². The van der Waals surface area contributed by atoms with Gasteiger partial charge in [0.1, 0.15) is 12.7 Å². The second kappa shape index (κ2) is 5.80. The fraction of sp³-hybridized carbons (Fsp3) is 0.462. The van der Waals surface area contributed by atoms with Crippen LogP contribution < -0.4 is 0 Å². The summed E-state index contributed by atoms with van der Waals surface area (Å²) in [6.45, 7) is 2.06. The number of carbonyl (C=O) groups excluding carboxylic acids is 1. The van der Waals surface area contributed by atoms with E-state index in [-0.39, 0.29) is 12.6 Å². The number of hydrogen-bond donors (Lipinski definition) is 0. The molecule has 0 aromatic heterocycles. The Bertz CT molecular complexity index is 572. The lowest BCUT2D eigenvalue weighted by Gasteiger charge is -2.22. The molecule has 7 heteroatoms. The summed E-state index contributed by atoms with van der Waals surface area (Å²) in [6.07, 6.45) is -0.0550. The summed E-state index contributed by atoms with van der Waals surface area (Å²) < 4.78 is 31.6. The number of amides is 1. The van der Waals surface area contributed by atoms with Crippen molar-refractivity contribution in [2.45, 2.75) is 19.1 Å². The molecular weight excluding hydrogens is 282 g/mol. The molecule has 2 rings (SSSR count). The monoisotopic (exact) mass is 299 g/mol. The first-order valence-electron chi connectivity index (χ1n) is 6.23. The molecule has 0 aliphatic carbocycles. The summed E-state index contributed by atoms with van der Waals surface area (Å²) in [5.41, 5.74) is 0.995. The lowest BCUT2D eigenvalue weighted by Crippen LogP contribution is -2.29. The highest BCUT2D eigenvalue weighted by Gasteiger charge is 2.35. The zero-order valence-corrected chi connectivity index (χ0v) is 12.2. The van der Waals surface area contributed by atoms with Gasteiger partial charge in [-0.05, 0) is 12.5 Å². The van der Waals surface area contributed by atoms with Crippen LogP contribution in [0.5, 0.6) is 0 Å². The fourth-order valence-electron chi connectivity index (χ4n) is 2.06. The Labute approximate surface area is 118 Å². The molecule has 0 saturated carbocycles. The third kappa shape index (κ3) is 3.71. The molecule has 0 spiro atoms. The summed E-state index contributed by atoms with van der Waals surface area (Å²) >= 11 is 0. The predicted octanol–water partition coefficient (Wildman–Crippen LogP) is 1.54. The highest BCUT2D eigenvalue weighted by Crippen LogP contribution is 2.25. The zero-order chi connectivity index (χ0) is 14.8. The average Bonchev–Trinajstić information content (AvgIpc) is 2.77. The molecule has 1 aromatic rings. The fourth-order valence-corrected chi connectivity index (χ4v) is 2.45. The number of carbonyl (C=O) groups is 1. The molecule has 0 bridgehead atoms. The zero-order valence-electron chi connectivity index (χ0n) is 11.4. The second-order valence-electron chi connectivity index (χ2n) is 4.73. The van der Waals surface area contributed by atoms with Gasteiger partial charge in [-0.1, -0.05) is 30.3 Å². The number of ether oxygens (including phenoxy) is 1. The minimum atomic E-state index is -3.53. The molecule has 1 saturated heterocycles. The molecule has 1 fully saturated rings. The standard InChI is InChI=1S/C13H17NO5S/c1-10(11-6-4-3-5-7-11)14-8-12(19-13(14)15)9-18-20(2,16)17/h3-7,10,12H,8-9H2,1-2H3/t10-,12-/m1/s1. The molecule has 0 N–H and O–H groups in total. The van der Waals surface area contributed by atoms with Gasteiger partial charge in [-0.15, -0.1) is 0 Å². The van der Waals surface area contributed by atoms with Gasteiger partial charge in [-0.3, -0.25) is 9.08 Å². The minimum absolute atomic E-state index is 0.132. The minimum Gasteiger partial charge on any atom is -0.442 e. The summed E-state index contributed by atoms with van der Waals surface area (Å²) in [5.74, 6) is 0. The summed E-state index contributed by atoms with van der Waals surface area (Å²) in [7, 11) is -3.53. The van der Waals surface area contributed by atoms with Crippen molar-refractivity contribution in [3.8, 4) is 0 Å². The molecule has 110 valence electrons. The second-order valence-corrected chi connectivity index (χ2v) is 6.38. The molecule has 1 aliphatic rings. The average molecular weight is 299 g/mol. The highest BCUT2D eigenvalue weighted by molar-refractivity contribution is 7.85. The molecule has 1 aromatic carbocycles. The van der Waals surface area contributed by atoms with Crippen LogP contribution >= 0.6 is 0 Å². The van der Waals surface area contributed by atoms with E-state index in [1.807, 2.05) is 37.3 Å². The van der Waals surface area contributed by atoms with Crippen LogP contribution in [0.25, 0.3) is 0 Å². The summed E-state index contributed by atoms with van der Waals surface area (Å²) in [6, 6.07) is 9.43. The molecule has 2 atom stereocenters. The number of hydrogen-bond acceptors (Lipinski definition) is 5. The number of cyclic esters (lactones) is 1. The third-order valence-electron chi connectivity index (χ3n) is 3.12. The normalized spacial score (nSPS) is 20.8. The van der Waals surface area contributed by atoms with Gasteiger partial charge in [0.15, 0.2) is 0 Å². The number of rotatable bonds is 5. The van der Waals surface area contributed by atoms with E-state index in [4.69, 9.17) is 4.74 Å². The largest absolute Gasteiger partial charge is 0.442 e. The molecule has 6 nitrogen and oxygen atoms in total. The SMILES string of the molecule is C[C@H](c1ccccc1)N1C[C@H](COS(C)(=O)=O)OC1=O. The van der Waals surface area contributed by atoms with Gasteiger partial charge < -0.3 is 4.74 Å². The summed E-state index contributed by atoms with van der Waals surface area (Å²) in [4.78, 5) is 13.4. The van der Waals surface area contributed by atoms with E-state index in [1.54, 1.807) is 4.90 Å². The maximum atomic E-state index is 11.8. The highest BCUT2D eigenvalue weighted by atomic mass is 32.2. The van der Waals surface area contributed by atoms with Crippen LogP contribution in [-0.4, -0.2) is 44.9 Å². The van der Waals surface area contributed by atoms with Gasteiger partial charge in [-0.2, -0.15) is 8.42 Å². The van der Waals surface area contributed by atoms with Crippen LogP contribution in [0.4, 0.5) is 4.79 Å². The smallest absolute Gasteiger partial charge is 0.410 e. The van der Waals surface area contributed by atoms with E-state index >= 15 is 0 Å². The van der Waals surface area contributed by atoms with Crippen molar-refractivity contribution >= 4 is 16.2 Å². The molecule has 1 heterocycles. The Balaban J connectivity index is 1.99. The molecular formula is C13H17NO5S. The van der Waals surface area contributed by atoms with Crippen LogP contribution in [0.1, 0.15) is 18.5 Å². The lowest BCUT2D eigenvalue weighted by molar-refractivity contribution is 0.104. The van der Waals surface area contributed by atoms with Gasteiger partial charge >= 0.3 is 6.09 Å². The van der Waals surface area contributed by atoms with E-state index in [2.05, 4.69) is 4.18 Å². The van der Waals surface area contributed by atoms with Gasteiger partial charge in [-0.25, -0.2) is 4.79 Å². The van der Waals surface area contributed by atoms with Crippen LogP contribution in [0.3, 0.4) is 0 Å². The van der Waals surface area contributed by atoms with Crippen molar-refractivity contribution in [2.24, 2.45) is 0 Å². The Kier molecular flexibility index (Phi) is 4.29. The van der Waals surface area contributed by atoms with Crippen LogP contribution in [0.15, 0.2) is 30.3 Å². The Hall–Kier alpha value is -1.60. The van der Waals surface area contributed by atoms with Crippen molar-refractivity contribution in [1.82, 2.24) is 4.90 Å². The van der Waals surface area contributed by atoms with Gasteiger partial charge in [0, 0.05) is 0 Å². The first kappa shape index (κ1) is 14.8. The van der Waals surface area contributed by atoms with Crippen molar-refractivity contribution in [3.63, 3.8) is 0 Å². The number of nitrogens with zero attached hydrogens (tertiary/aromatic N) is 1. The van der Waals surface area contributed by atoms with Crippen LogP contribution in [0, 0.1) is 0 Å². The van der Waals surface area contributed by atoms with E-state index < -0.39 is 22.3 Å². The van der Waals surface area contributed by atoms with E-state index in [1.165, 1.54) is 0 Å².